The molecule has 1 N–H and O–H groups in total. The number of nitrogens with one attached hydrogen (secondary N) is 1. The van der Waals surface area contributed by atoms with Gasteiger partial charge in [0.05, 0.1) is 11.1 Å². The fourth-order valence-electron chi connectivity index (χ4n) is 5.56. The molecule has 2 amide bonds. The molecule has 1 atom stereocenters. The zero-order chi connectivity index (χ0) is 28.9. The lowest BCUT2D eigenvalue weighted by Crippen LogP contribution is -2.57. The van der Waals surface area contributed by atoms with Crippen molar-refractivity contribution in [3.05, 3.63) is 101 Å². The van der Waals surface area contributed by atoms with Gasteiger partial charge in [0.2, 0.25) is 5.91 Å². The topological polar surface area (TPSA) is 52.7 Å². The highest BCUT2D eigenvalue weighted by Crippen LogP contribution is 2.45. The molecular formula is C29H25F6N3O2. The number of amides is 2. The highest BCUT2D eigenvalue weighted by atomic mass is 19.4. The minimum Gasteiger partial charge on any atom is -0.338 e. The summed E-state index contributed by atoms with van der Waals surface area (Å²) in [5, 5.41) is 3.06. The number of carbonyl (C=O) groups is 2. The van der Waals surface area contributed by atoms with Crippen LogP contribution in [0.1, 0.15) is 51.6 Å². The zero-order valence-corrected chi connectivity index (χ0v) is 21.3. The number of rotatable bonds is 3. The molecule has 5 nitrogen and oxygen atoms in total. The van der Waals surface area contributed by atoms with Crippen LogP contribution in [0.5, 0.6) is 0 Å². The van der Waals surface area contributed by atoms with Gasteiger partial charge in [-0.1, -0.05) is 48.5 Å². The molecule has 1 unspecified atom stereocenters. The Kier molecular flexibility index (Phi) is 6.79. The number of piperidine rings is 1. The van der Waals surface area contributed by atoms with Crippen LogP contribution >= 0.6 is 0 Å². The van der Waals surface area contributed by atoms with E-state index in [1.165, 1.54) is 4.90 Å². The van der Waals surface area contributed by atoms with Crippen LogP contribution in [0.4, 0.5) is 32.0 Å². The van der Waals surface area contributed by atoms with Crippen LogP contribution in [-0.2, 0) is 17.1 Å². The summed E-state index contributed by atoms with van der Waals surface area (Å²) in [5.74, 6) is -1.21. The lowest BCUT2D eigenvalue weighted by atomic mass is 9.84. The van der Waals surface area contributed by atoms with Crippen LogP contribution in [0.3, 0.4) is 0 Å². The van der Waals surface area contributed by atoms with Gasteiger partial charge in [-0.2, -0.15) is 26.3 Å². The van der Waals surface area contributed by atoms with Crippen molar-refractivity contribution in [2.45, 2.75) is 43.8 Å². The number of para-hydroxylation sites is 1. The third kappa shape index (κ3) is 4.89. The molecule has 0 aromatic heterocycles. The lowest BCUT2D eigenvalue weighted by molar-refractivity contribution is -0.143. The van der Waals surface area contributed by atoms with Gasteiger partial charge >= 0.3 is 12.4 Å². The van der Waals surface area contributed by atoms with Crippen molar-refractivity contribution in [1.29, 1.82) is 0 Å². The van der Waals surface area contributed by atoms with E-state index in [0.29, 0.717) is 12.1 Å². The van der Waals surface area contributed by atoms with Crippen molar-refractivity contribution in [2.75, 3.05) is 18.0 Å². The maximum Gasteiger partial charge on any atom is 0.416 e. The predicted molar refractivity (Wildman–Crippen MR) is 135 cm³/mol. The van der Waals surface area contributed by atoms with Crippen LogP contribution in [-0.4, -0.2) is 35.3 Å². The Bertz CT molecular complexity index is 1400. The minimum atomic E-state index is -5.06. The van der Waals surface area contributed by atoms with Crippen molar-refractivity contribution < 1.29 is 35.9 Å². The summed E-state index contributed by atoms with van der Waals surface area (Å²) in [6.45, 7) is 1.85. The molecule has 5 rings (SSSR count). The van der Waals surface area contributed by atoms with Crippen LogP contribution in [0.2, 0.25) is 0 Å². The highest BCUT2D eigenvalue weighted by Gasteiger charge is 2.55. The molecule has 2 saturated heterocycles. The molecule has 11 heteroatoms. The van der Waals surface area contributed by atoms with Crippen molar-refractivity contribution in [3.8, 4) is 0 Å². The molecular weight excluding hydrogens is 536 g/mol. The predicted octanol–water partition coefficient (Wildman–Crippen LogP) is 6.34. The smallest absolute Gasteiger partial charge is 0.338 e. The molecule has 3 aromatic rings. The Labute approximate surface area is 226 Å². The molecule has 2 aliphatic rings. The minimum absolute atomic E-state index is 0.00532. The molecule has 0 radical (unpaired) electrons. The Morgan fingerprint density at radius 2 is 1.40 bits per heavy atom. The first-order valence-electron chi connectivity index (χ1n) is 12.6. The summed E-state index contributed by atoms with van der Waals surface area (Å²) in [5.41, 5.74) is -2.31. The molecule has 0 saturated carbocycles. The number of likely N-dealkylation sites (tertiary alicyclic amines) is 1. The average Bonchev–Trinajstić information content (AvgIpc) is 3.19. The number of carbonyl (C=O) groups excluding carboxylic acids is 2. The summed E-state index contributed by atoms with van der Waals surface area (Å²) < 4.78 is 80.1. The molecule has 0 aliphatic carbocycles. The second kappa shape index (κ2) is 9.87. The van der Waals surface area contributed by atoms with Crippen molar-refractivity contribution in [3.63, 3.8) is 0 Å². The maximum absolute atomic E-state index is 13.6. The Morgan fingerprint density at radius 3 is 1.95 bits per heavy atom. The van der Waals surface area contributed by atoms with Gasteiger partial charge in [-0.15, -0.1) is 0 Å². The molecule has 0 bridgehead atoms. The highest BCUT2D eigenvalue weighted by molar-refractivity contribution is 5.97. The first kappa shape index (κ1) is 27.5. The number of hydrogen-bond donors (Lipinski definition) is 1. The van der Waals surface area contributed by atoms with E-state index in [1.54, 1.807) is 0 Å². The van der Waals surface area contributed by atoms with Gasteiger partial charge < -0.3 is 15.1 Å². The fraction of sp³-hybridized carbons (Fsp3) is 0.310. The molecule has 2 fully saturated rings. The Hall–Kier alpha value is -4.02. The van der Waals surface area contributed by atoms with Gasteiger partial charge in [-0.25, -0.2) is 0 Å². The maximum atomic E-state index is 13.6. The third-order valence-electron chi connectivity index (χ3n) is 7.61. The second-order valence-corrected chi connectivity index (χ2v) is 10.1. The van der Waals surface area contributed by atoms with Gasteiger partial charge in [-0.05, 0) is 55.2 Å². The zero-order valence-electron chi connectivity index (χ0n) is 21.3. The van der Waals surface area contributed by atoms with Gasteiger partial charge in [0.15, 0.2) is 0 Å². The first-order valence-corrected chi connectivity index (χ1v) is 12.6. The van der Waals surface area contributed by atoms with Gasteiger partial charge in [0.25, 0.3) is 5.91 Å². The van der Waals surface area contributed by atoms with Crippen LogP contribution in [0.25, 0.3) is 0 Å². The molecule has 2 aliphatic heterocycles. The molecule has 3 aromatic carbocycles. The Morgan fingerprint density at radius 1 is 0.850 bits per heavy atom. The molecule has 210 valence electrons. The number of alkyl halides is 6. The SMILES string of the molecule is Cc1ccccc1N1C(c2ccccc2)NC(=O)C12CCN(C(=O)c1cc(C(F)(F)F)cc(C(F)(F)F)c1)CC2. The summed E-state index contributed by atoms with van der Waals surface area (Å²) >= 11 is 0. The monoisotopic (exact) mass is 561 g/mol. The number of halogens is 6. The van der Waals surface area contributed by atoms with Gasteiger partial charge in [-0.3, -0.25) is 9.59 Å². The van der Waals surface area contributed by atoms with Crippen molar-refractivity contribution in [2.24, 2.45) is 0 Å². The standard InChI is InChI=1S/C29H25F6N3O2/c1-18-7-5-6-10-23(18)38-24(19-8-3-2-4-9-19)36-26(40)27(38)11-13-37(14-12-27)25(39)20-15-21(28(30,31)32)17-22(16-20)29(33,34)35/h2-10,15-17,24H,11-14H2,1H3,(H,36,40). The van der Waals surface area contributed by atoms with Crippen LogP contribution in [0, 0.1) is 6.92 Å². The quantitative estimate of drug-likeness (QED) is 0.380. The van der Waals surface area contributed by atoms with E-state index in [0.717, 1.165) is 16.8 Å². The Balaban J connectivity index is 1.47. The summed E-state index contributed by atoms with van der Waals surface area (Å²) in [7, 11) is 0. The van der Waals surface area contributed by atoms with E-state index in [4.69, 9.17) is 0 Å². The van der Waals surface area contributed by atoms with Gasteiger partial charge in [0, 0.05) is 24.3 Å². The fourth-order valence-corrected chi connectivity index (χ4v) is 5.56. The van der Waals surface area contributed by atoms with E-state index >= 15 is 0 Å². The summed E-state index contributed by atoms with van der Waals surface area (Å²) in [6.07, 6.45) is -10.4. The van der Waals surface area contributed by atoms with Gasteiger partial charge in [0.1, 0.15) is 11.7 Å². The number of nitrogens with zero attached hydrogens (tertiary/aromatic N) is 2. The normalized spacial score (nSPS) is 19.2. The number of benzene rings is 3. The van der Waals surface area contributed by atoms with E-state index in [-0.39, 0.29) is 37.9 Å². The van der Waals surface area contributed by atoms with Crippen LogP contribution in [0.15, 0.2) is 72.8 Å². The summed E-state index contributed by atoms with van der Waals surface area (Å²) in [4.78, 5) is 30.0. The molecule has 40 heavy (non-hydrogen) atoms. The van der Waals surface area contributed by atoms with E-state index in [2.05, 4.69) is 5.32 Å². The van der Waals surface area contributed by atoms with Crippen molar-refractivity contribution in [1.82, 2.24) is 10.2 Å². The van der Waals surface area contributed by atoms with Crippen molar-refractivity contribution >= 4 is 17.5 Å². The second-order valence-electron chi connectivity index (χ2n) is 10.1. The first-order chi connectivity index (χ1) is 18.8. The molecule has 1 spiro atoms. The van der Waals surface area contributed by atoms with E-state index in [1.807, 2.05) is 66.4 Å². The number of hydrogen-bond acceptors (Lipinski definition) is 3. The van der Waals surface area contributed by atoms with Crippen LogP contribution < -0.4 is 10.2 Å². The number of aryl methyl sites for hydroxylation is 1. The lowest BCUT2D eigenvalue weighted by Gasteiger charge is -2.45. The number of anilines is 1. The van der Waals surface area contributed by atoms with E-state index < -0.39 is 46.7 Å². The largest absolute Gasteiger partial charge is 0.416 e. The average molecular weight is 562 g/mol. The van der Waals surface area contributed by atoms with E-state index in [9.17, 15) is 35.9 Å². The molecule has 2 heterocycles. The summed E-state index contributed by atoms with van der Waals surface area (Å²) in [6, 6.07) is 17.8. The third-order valence-corrected chi connectivity index (χ3v) is 7.61.